The number of halogens is 1. The van der Waals surface area contributed by atoms with Crippen molar-refractivity contribution in [2.24, 2.45) is 5.92 Å². The van der Waals surface area contributed by atoms with E-state index in [0.29, 0.717) is 12.0 Å². The summed E-state index contributed by atoms with van der Waals surface area (Å²) in [5.74, 6) is 0.555. The molecule has 1 aliphatic heterocycles. The van der Waals surface area contributed by atoms with Crippen LogP contribution in [0.5, 0.6) is 0 Å². The highest BCUT2D eigenvalue weighted by Gasteiger charge is 2.27. The number of nitrogens with one attached hydrogen (secondary N) is 1. The molecule has 1 fully saturated rings. The van der Waals surface area contributed by atoms with Crippen molar-refractivity contribution in [3.63, 3.8) is 0 Å². The number of alkyl halides is 1. The number of hydrogen-bond acceptors (Lipinski definition) is 2. The van der Waals surface area contributed by atoms with Gasteiger partial charge in [-0.05, 0) is 13.0 Å². The minimum absolute atomic E-state index is 0.266. The highest BCUT2D eigenvalue weighted by molar-refractivity contribution is 6.21. The quantitative estimate of drug-likeness (QED) is 0.658. The number of nitrogens with zero attached hydrogens (tertiary/aromatic N) is 1. The average Bonchev–Trinajstić information content (AvgIpc) is 2.04. The summed E-state index contributed by atoms with van der Waals surface area (Å²) in [5, 5.41) is 3.64. The first-order valence-corrected chi connectivity index (χ1v) is 5.11. The summed E-state index contributed by atoms with van der Waals surface area (Å²) in [5.41, 5.74) is 0. The molecule has 0 radical (unpaired) electrons. The molecule has 0 saturated carbocycles. The molecule has 72 valence electrons. The van der Waals surface area contributed by atoms with Crippen LogP contribution in [-0.2, 0) is 0 Å². The third-order valence-corrected chi connectivity index (χ3v) is 3.36. The first-order valence-electron chi connectivity index (χ1n) is 4.68. The van der Waals surface area contributed by atoms with Crippen molar-refractivity contribution in [3.8, 4) is 0 Å². The monoisotopic (exact) mass is 190 g/mol. The zero-order chi connectivity index (χ0) is 9.14. The number of likely N-dealkylation sites (N-methyl/N-ethyl adjacent to an activating group) is 1. The van der Waals surface area contributed by atoms with Crippen LogP contribution in [0.15, 0.2) is 0 Å². The van der Waals surface area contributed by atoms with E-state index in [0.717, 1.165) is 19.6 Å². The molecular weight excluding hydrogens is 172 g/mol. The predicted octanol–water partition coefficient (Wildman–Crippen LogP) is 1.15. The van der Waals surface area contributed by atoms with Crippen LogP contribution in [0.3, 0.4) is 0 Å². The van der Waals surface area contributed by atoms with Gasteiger partial charge in [0.15, 0.2) is 0 Å². The largest absolute Gasteiger partial charge is 0.314 e. The maximum atomic E-state index is 6.31. The maximum Gasteiger partial charge on any atom is 0.0526 e. The van der Waals surface area contributed by atoms with Crippen LogP contribution >= 0.6 is 11.6 Å². The summed E-state index contributed by atoms with van der Waals surface area (Å²) >= 11 is 6.31. The second kappa shape index (κ2) is 4.45. The van der Waals surface area contributed by atoms with E-state index in [-0.39, 0.29) is 5.38 Å². The Morgan fingerprint density at radius 3 is 2.67 bits per heavy atom. The van der Waals surface area contributed by atoms with Crippen molar-refractivity contribution >= 4 is 11.6 Å². The molecule has 0 aromatic carbocycles. The summed E-state index contributed by atoms with van der Waals surface area (Å²) in [6.07, 6.45) is 0. The lowest BCUT2D eigenvalue weighted by atomic mass is 10.0. The minimum atomic E-state index is 0.266. The maximum absolute atomic E-state index is 6.31. The van der Waals surface area contributed by atoms with Gasteiger partial charge in [-0.25, -0.2) is 0 Å². The van der Waals surface area contributed by atoms with Crippen LogP contribution in [-0.4, -0.2) is 43.0 Å². The lowest BCUT2D eigenvalue weighted by molar-refractivity contribution is 0.180. The van der Waals surface area contributed by atoms with Gasteiger partial charge in [-0.1, -0.05) is 13.8 Å². The van der Waals surface area contributed by atoms with Crippen molar-refractivity contribution in [2.45, 2.75) is 25.3 Å². The second-order valence-corrected chi connectivity index (χ2v) is 4.44. The number of rotatable bonds is 2. The molecule has 1 aliphatic rings. The van der Waals surface area contributed by atoms with E-state index in [9.17, 15) is 0 Å². The van der Waals surface area contributed by atoms with Gasteiger partial charge >= 0.3 is 0 Å². The zero-order valence-corrected chi connectivity index (χ0v) is 8.93. The van der Waals surface area contributed by atoms with E-state index in [1.54, 1.807) is 0 Å². The fourth-order valence-corrected chi connectivity index (χ4v) is 1.91. The molecule has 0 bridgehead atoms. The fraction of sp³-hybridized carbons (Fsp3) is 1.00. The molecule has 1 heterocycles. The van der Waals surface area contributed by atoms with E-state index in [2.05, 4.69) is 31.1 Å². The highest BCUT2D eigenvalue weighted by Crippen LogP contribution is 2.18. The molecular formula is C9H19ClN2. The first kappa shape index (κ1) is 10.3. The Bertz CT molecular complexity index is 138. The Morgan fingerprint density at radius 2 is 2.17 bits per heavy atom. The SMILES string of the molecule is CC(C)C(Cl)C1CNCCN1C. The van der Waals surface area contributed by atoms with E-state index < -0.39 is 0 Å². The van der Waals surface area contributed by atoms with Gasteiger partial charge in [0.05, 0.1) is 5.38 Å². The molecule has 1 N–H and O–H groups in total. The number of piperazine rings is 1. The third kappa shape index (κ3) is 2.35. The van der Waals surface area contributed by atoms with Crippen molar-refractivity contribution in [3.05, 3.63) is 0 Å². The van der Waals surface area contributed by atoms with Crippen LogP contribution in [0, 0.1) is 5.92 Å². The molecule has 2 atom stereocenters. The Labute approximate surface area is 80.3 Å². The topological polar surface area (TPSA) is 15.3 Å². The Balaban J connectivity index is 2.47. The van der Waals surface area contributed by atoms with Gasteiger partial charge in [0, 0.05) is 25.7 Å². The molecule has 1 rings (SSSR count). The van der Waals surface area contributed by atoms with Gasteiger partial charge in [0.1, 0.15) is 0 Å². The Hall–Kier alpha value is 0.210. The molecule has 0 amide bonds. The summed E-state index contributed by atoms with van der Waals surface area (Å²) in [7, 11) is 2.16. The lowest BCUT2D eigenvalue weighted by Crippen LogP contribution is -2.54. The molecule has 2 unspecified atom stereocenters. The van der Waals surface area contributed by atoms with Crippen LogP contribution in [0.1, 0.15) is 13.8 Å². The average molecular weight is 191 g/mol. The van der Waals surface area contributed by atoms with Crippen molar-refractivity contribution in [1.82, 2.24) is 10.2 Å². The van der Waals surface area contributed by atoms with Crippen molar-refractivity contribution in [1.29, 1.82) is 0 Å². The zero-order valence-electron chi connectivity index (χ0n) is 8.18. The van der Waals surface area contributed by atoms with Gasteiger partial charge < -0.3 is 5.32 Å². The standard InChI is InChI=1S/C9H19ClN2/c1-7(2)9(10)8-6-11-4-5-12(8)3/h7-9,11H,4-6H2,1-3H3. The summed E-state index contributed by atoms with van der Waals surface area (Å²) < 4.78 is 0. The van der Waals surface area contributed by atoms with E-state index in [4.69, 9.17) is 11.6 Å². The smallest absolute Gasteiger partial charge is 0.0526 e. The number of hydrogen-bond donors (Lipinski definition) is 1. The van der Waals surface area contributed by atoms with Gasteiger partial charge in [0.2, 0.25) is 0 Å². The van der Waals surface area contributed by atoms with E-state index in [1.165, 1.54) is 0 Å². The Morgan fingerprint density at radius 1 is 1.50 bits per heavy atom. The molecule has 0 aliphatic carbocycles. The van der Waals surface area contributed by atoms with Gasteiger partial charge in [-0.3, -0.25) is 4.90 Å². The molecule has 1 saturated heterocycles. The second-order valence-electron chi connectivity index (χ2n) is 3.94. The van der Waals surface area contributed by atoms with E-state index >= 15 is 0 Å². The van der Waals surface area contributed by atoms with Crippen LogP contribution in [0.2, 0.25) is 0 Å². The van der Waals surface area contributed by atoms with E-state index in [1.807, 2.05) is 0 Å². The highest BCUT2D eigenvalue weighted by atomic mass is 35.5. The van der Waals surface area contributed by atoms with Gasteiger partial charge in [0.25, 0.3) is 0 Å². The lowest BCUT2D eigenvalue weighted by Gasteiger charge is -2.37. The molecule has 0 aromatic heterocycles. The normalized spacial score (nSPS) is 29.2. The van der Waals surface area contributed by atoms with Gasteiger partial charge in [-0.2, -0.15) is 0 Å². The molecule has 3 heteroatoms. The van der Waals surface area contributed by atoms with Crippen LogP contribution in [0.4, 0.5) is 0 Å². The molecule has 12 heavy (non-hydrogen) atoms. The van der Waals surface area contributed by atoms with Gasteiger partial charge in [-0.15, -0.1) is 11.6 Å². The molecule has 0 aromatic rings. The van der Waals surface area contributed by atoms with Crippen molar-refractivity contribution < 1.29 is 0 Å². The summed E-state index contributed by atoms with van der Waals surface area (Å²) in [6.45, 7) is 7.60. The van der Waals surface area contributed by atoms with Crippen LogP contribution < -0.4 is 5.32 Å². The predicted molar refractivity (Wildman–Crippen MR) is 53.8 cm³/mol. The minimum Gasteiger partial charge on any atom is -0.314 e. The first-order chi connectivity index (χ1) is 5.63. The third-order valence-electron chi connectivity index (χ3n) is 2.57. The van der Waals surface area contributed by atoms with Crippen LogP contribution in [0.25, 0.3) is 0 Å². The molecule has 2 nitrogen and oxygen atoms in total. The van der Waals surface area contributed by atoms with Crippen molar-refractivity contribution in [2.75, 3.05) is 26.7 Å². The summed E-state index contributed by atoms with van der Waals surface area (Å²) in [6, 6.07) is 0.500. The summed E-state index contributed by atoms with van der Waals surface area (Å²) in [4.78, 5) is 2.36. The molecule has 0 spiro atoms. The Kier molecular flexibility index (Phi) is 3.81. The fourth-order valence-electron chi connectivity index (χ4n) is 1.63.